The van der Waals surface area contributed by atoms with Crippen molar-refractivity contribution in [1.82, 2.24) is 0 Å². The third kappa shape index (κ3) is 2.10. The molecule has 0 fully saturated rings. The van der Waals surface area contributed by atoms with Crippen LogP contribution in [0.1, 0.15) is 21.7 Å². The fraction of sp³-hybridized carbons (Fsp3) is 0.0625. The maximum Gasteiger partial charge on any atom is 0.228 e. The van der Waals surface area contributed by atoms with E-state index in [4.69, 9.17) is 16.0 Å². The van der Waals surface area contributed by atoms with Crippen LogP contribution in [0.25, 0.3) is 11.0 Å². The Morgan fingerprint density at radius 3 is 2.70 bits per heavy atom. The summed E-state index contributed by atoms with van der Waals surface area (Å²) in [6.07, 6.45) is 0. The fourth-order valence-corrected chi connectivity index (χ4v) is 2.28. The molecule has 3 aromatic rings. The molecule has 0 radical (unpaired) electrons. The van der Waals surface area contributed by atoms with E-state index in [0.717, 1.165) is 10.9 Å². The van der Waals surface area contributed by atoms with Crippen molar-refractivity contribution < 1.29 is 13.6 Å². The molecule has 20 heavy (non-hydrogen) atoms. The van der Waals surface area contributed by atoms with E-state index < -0.39 is 5.82 Å². The highest BCUT2D eigenvalue weighted by molar-refractivity contribution is 6.31. The Labute approximate surface area is 119 Å². The van der Waals surface area contributed by atoms with Crippen LogP contribution in [-0.2, 0) is 0 Å². The monoisotopic (exact) mass is 288 g/mol. The Morgan fingerprint density at radius 1 is 1.20 bits per heavy atom. The number of fused-ring (bicyclic) bond motifs is 1. The van der Waals surface area contributed by atoms with Crippen LogP contribution in [0.4, 0.5) is 4.39 Å². The summed E-state index contributed by atoms with van der Waals surface area (Å²) >= 11 is 5.69. The summed E-state index contributed by atoms with van der Waals surface area (Å²) in [6, 6.07) is 11.2. The van der Waals surface area contributed by atoms with Crippen molar-refractivity contribution in [2.45, 2.75) is 6.92 Å². The van der Waals surface area contributed by atoms with E-state index in [-0.39, 0.29) is 16.6 Å². The summed E-state index contributed by atoms with van der Waals surface area (Å²) in [5, 5.41) is 0.782. The second-order valence-electron chi connectivity index (χ2n) is 4.56. The number of rotatable bonds is 2. The van der Waals surface area contributed by atoms with Crippen LogP contribution in [-0.4, -0.2) is 5.78 Å². The second-order valence-corrected chi connectivity index (χ2v) is 4.97. The van der Waals surface area contributed by atoms with Gasteiger partial charge in [0.25, 0.3) is 0 Å². The van der Waals surface area contributed by atoms with Gasteiger partial charge in [-0.1, -0.05) is 29.8 Å². The number of ketones is 1. The standard InChI is InChI=1S/C16H10ClFO2/c1-9-3-2-4-11-8-14(20-16(9)11)15(19)10-5-6-13(18)12(17)7-10/h2-8H,1H3. The van der Waals surface area contributed by atoms with Gasteiger partial charge in [-0.15, -0.1) is 0 Å². The summed E-state index contributed by atoms with van der Waals surface area (Å²) in [5.41, 5.74) is 1.94. The molecule has 0 aliphatic heterocycles. The highest BCUT2D eigenvalue weighted by Crippen LogP contribution is 2.25. The number of benzene rings is 2. The predicted octanol–water partition coefficient (Wildman–Crippen LogP) is 4.76. The normalized spacial score (nSPS) is 10.9. The van der Waals surface area contributed by atoms with Gasteiger partial charge in [0.15, 0.2) is 5.76 Å². The zero-order chi connectivity index (χ0) is 14.3. The van der Waals surface area contributed by atoms with Gasteiger partial charge in [0.2, 0.25) is 5.78 Å². The van der Waals surface area contributed by atoms with Gasteiger partial charge in [0.1, 0.15) is 11.4 Å². The lowest BCUT2D eigenvalue weighted by Gasteiger charge is -1.99. The quantitative estimate of drug-likeness (QED) is 0.636. The van der Waals surface area contributed by atoms with Crippen LogP contribution in [0.15, 0.2) is 46.9 Å². The van der Waals surface area contributed by atoms with Crippen LogP contribution < -0.4 is 0 Å². The molecule has 0 unspecified atom stereocenters. The van der Waals surface area contributed by atoms with Crippen molar-refractivity contribution in [3.8, 4) is 0 Å². The number of carbonyl (C=O) groups excluding carboxylic acids is 1. The van der Waals surface area contributed by atoms with Crippen LogP contribution in [0.5, 0.6) is 0 Å². The summed E-state index contributed by atoms with van der Waals surface area (Å²) < 4.78 is 18.7. The molecule has 0 spiro atoms. The predicted molar refractivity (Wildman–Crippen MR) is 75.8 cm³/mol. The third-order valence-electron chi connectivity index (χ3n) is 3.15. The molecule has 0 amide bonds. The summed E-state index contributed by atoms with van der Waals surface area (Å²) in [7, 11) is 0. The zero-order valence-electron chi connectivity index (χ0n) is 10.6. The maximum atomic E-state index is 13.1. The smallest absolute Gasteiger partial charge is 0.228 e. The molecular weight excluding hydrogens is 279 g/mol. The number of halogens is 2. The molecule has 100 valence electrons. The molecule has 2 aromatic carbocycles. The maximum absolute atomic E-state index is 13.1. The van der Waals surface area contributed by atoms with E-state index in [1.165, 1.54) is 18.2 Å². The zero-order valence-corrected chi connectivity index (χ0v) is 11.4. The third-order valence-corrected chi connectivity index (χ3v) is 3.44. The molecule has 0 N–H and O–H groups in total. The van der Waals surface area contributed by atoms with Gasteiger partial charge < -0.3 is 4.42 Å². The topological polar surface area (TPSA) is 30.2 Å². The number of furan rings is 1. The molecule has 4 heteroatoms. The fourth-order valence-electron chi connectivity index (χ4n) is 2.10. The first kappa shape index (κ1) is 12.9. The Balaban J connectivity index is 2.08. The van der Waals surface area contributed by atoms with Gasteiger partial charge in [-0.2, -0.15) is 0 Å². The molecule has 0 atom stereocenters. The molecule has 0 aliphatic rings. The summed E-state index contributed by atoms with van der Waals surface area (Å²) in [5.74, 6) is -0.650. The first-order valence-electron chi connectivity index (χ1n) is 6.05. The molecule has 1 heterocycles. The van der Waals surface area contributed by atoms with E-state index in [0.29, 0.717) is 11.1 Å². The molecule has 0 aliphatic carbocycles. The van der Waals surface area contributed by atoms with Gasteiger partial charge in [-0.05, 0) is 36.8 Å². The molecule has 0 bridgehead atoms. The van der Waals surface area contributed by atoms with Crippen molar-refractivity contribution in [3.63, 3.8) is 0 Å². The van der Waals surface area contributed by atoms with E-state index >= 15 is 0 Å². The highest BCUT2D eigenvalue weighted by Gasteiger charge is 2.16. The number of hydrogen-bond donors (Lipinski definition) is 0. The lowest BCUT2D eigenvalue weighted by Crippen LogP contribution is -1.99. The first-order valence-corrected chi connectivity index (χ1v) is 6.43. The SMILES string of the molecule is Cc1cccc2cc(C(=O)c3ccc(F)c(Cl)c3)oc12. The van der Waals surface area contributed by atoms with E-state index in [9.17, 15) is 9.18 Å². The lowest BCUT2D eigenvalue weighted by atomic mass is 10.1. The van der Waals surface area contributed by atoms with Crippen molar-refractivity contribution in [2.75, 3.05) is 0 Å². The van der Waals surface area contributed by atoms with Gasteiger partial charge in [-0.25, -0.2) is 4.39 Å². The number of hydrogen-bond acceptors (Lipinski definition) is 2. The van der Waals surface area contributed by atoms with E-state index in [2.05, 4.69) is 0 Å². The average Bonchev–Trinajstić information content (AvgIpc) is 2.86. The largest absolute Gasteiger partial charge is 0.452 e. The van der Waals surface area contributed by atoms with Gasteiger partial charge in [-0.3, -0.25) is 4.79 Å². The lowest BCUT2D eigenvalue weighted by molar-refractivity contribution is 0.101. The Kier molecular flexibility index (Phi) is 3.07. The minimum atomic E-state index is -0.552. The number of carbonyl (C=O) groups is 1. The Bertz CT molecular complexity index is 820. The van der Waals surface area contributed by atoms with Gasteiger partial charge >= 0.3 is 0 Å². The minimum Gasteiger partial charge on any atom is -0.452 e. The van der Waals surface area contributed by atoms with Crippen molar-refractivity contribution in [2.24, 2.45) is 0 Å². The minimum absolute atomic E-state index is 0.0804. The van der Waals surface area contributed by atoms with Gasteiger partial charge in [0.05, 0.1) is 5.02 Å². The van der Waals surface area contributed by atoms with Crippen molar-refractivity contribution in [3.05, 3.63) is 70.2 Å². The van der Waals surface area contributed by atoms with Crippen LogP contribution >= 0.6 is 11.6 Å². The Morgan fingerprint density at radius 2 is 2.00 bits per heavy atom. The van der Waals surface area contributed by atoms with Crippen molar-refractivity contribution in [1.29, 1.82) is 0 Å². The van der Waals surface area contributed by atoms with Crippen LogP contribution in [0, 0.1) is 12.7 Å². The second kappa shape index (κ2) is 4.76. The highest BCUT2D eigenvalue weighted by atomic mass is 35.5. The summed E-state index contributed by atoms with van der Waals surface area (Å²) in [4.78, 5) is 12.3. The molecule has 0 saturated carbocycles. The number of aryl methyl sites for hydroxylation is 1. The molecule has 0 saturated heterocycles. The first-order chi connectivity index (χ1) is 9.56. The van der Waals surface area contributed by atoms with E-state index in [1.807, 2.05) is 25.1 Å². The summed E-state index contributed by atoms with van der Waals surface area (Å²) in [6.45, 7) is 1.91. The van der Waals surface area contributed by atoms with Crippen LogP contribution in [0.2, 0.25) is 5.02 Å². The molecular formula is C16H10ClFO2. The molecule has 3 rings (SSSR count). The van der Waals surface area contributed by atoms with Crippen molar-refractivity contribution >= 4 is 28.4 Å². The Hall–Kier alpha value is -2.13. The molecule has 2 nitrogen and oxygen atoms in total. The van der Waals surface area contributed by atoms with E-state index in [1.54, 1.807) is 6.07 Å². The van der Waals surface area contributed by atoms with Crippen LogP contribution in [0.3, 0.4) is 0 Å². The van der Waals surface area contributed by atoms with Gasteiger partial charge in [0, 0.05) is 10.9 Å². The average molecular weight is 289 g/mol. The number of para-hydroxylation sites is 1. The molecule has 1 aromatic heterocycles.